The third kappa shape index (κ3) is 4.73. The number of aliphatic imine (C=N–C) groups is 1. The van der Waals surface area contributed by atoms with E-state index in [1.165, 1.54) is 12.1 Å². The van der Waals surface area contributed by atoms with Crippen LogP contribution >= 0.6 is 0 Å². The SMILES string of the molecule is Cc1ccc(O)cc1N=C1C(=NS(=O)(=O)c2ccccc2)Nc2ccccc2CCC1C. The van der Waals surface area contributed by atoms with Gasteiger partial charge in [0.1, 0.15) is 5.75 Å². The first-order valence-electron chi connectivity index (χ1n) is 10.5. The number of amidine groups is 1. The molecule has 3 aromatic carbocycles. The molecule has 3 aromatic rings. The van der Waals surface area contributed by atoms with Crippen molar-refractivity contribution in [2.45, 2.75) is 31.6 Å². The molecule has 0 radical (unpaired) electrons. The number of para-hydroxylation sites is 1. The first kappa shape index (κ1) is 21.8. The third-order valence-corrected chi connectivity index (χ3v) is 6.80. The molecule has 1 aliphatic heterocycles. The van der Waals surface area contributed by atoms with E-state index in [9.17, 15) is 13.5 Å². The molecule has 6 nitrogen and oxygen atoms in total. The van der Waals surface area contributed by atoms with Gasteiger partial charge >= 0.3 is 0 Å². The number of nitrogens with zero attached hydrogens (tertiary/aromatic N) is 2. The molecule has 1 unspecified atom stereocenters. The molecule has 32 heavy (non-hydrogen) atoms. The number of benzene rings is 3. The van der Waals surface area contributed by atoms with E-state index in [1.807, 2.05) is 38.1 Å². The van der Waals surface area contributed by atoms with Crippen LogP contribution in [0.4, 0.5) is 11.4 Å². The minimum absolute atomic E-state index is 0.0673. The van der Waals surface area contributed by atoms with Crippen LogP contribution in [0.25, 0.3) is 0 Å². The van der Waals surface area contributed by atoms with Gasteiger partial charge in [0.05, 0.1) is 16.3 Å². The van der Waals surface area contributed by atoms with Gasteiger partial charge in [-0.15, -0.1) is 4.40 Å². The number of anilines is 1. The second-order valence-electron chi connectivity index (χ2n) is 7.92. The summed E-state index contributed by atoms with van der Waals surface area (Å²) in [5.74, 6) is 0.223. The van der Waals surface area contributed by atoms with Crippen molar-refractivity contribution >= 4 is 32.9 Å². The molecule has 0 spiro atoms. The Hall–Kier alpha value is -3.45. The van der Waals surface area contributed by atoms with E-state index < -0.39 is 10.0 Å². The number of fused-ring (bicyclic) bond motifs is 1. The van der Waals surface area contributed by atoms with Crippen LogP contribution in [0, 0.1) is 12.8 Å². The average molecular weight is 448 g/mol. The molecule has 1 heterocycles. The molecule has 2 N–H and O–H groups in total. The lowest BCUT2D eigenvalue weighted by Crippen LogP contribution is -2.32. The Balaban J connectivity index is 1.91. The number of hydrogen-bond acceptors (Lipinski definition) is 4. The van der Waals surface area contributed by atoms with Crippen LogP contribution < -0.4 is 5.32 Å². The Morgan fingerprint density at radius 2 is 1.72 bits per heavy atom. The molecular formula is C25H25N3O3S. The standard InChI is InChI=1S/C25H25N3O3S/c1-17-13-15-20(29)16-23(17)26-24-18(2)12-14-19-8-6-7-11-22(19)27-25(24)28-32(30,31)21-9-4-3-5-10-21/h3-11,13,15-16,18,29H,12,14H2,1-2H3,(H,27,28). The Bertz CT molecular complexity index is 1300. The number of phenolic OH excluding ortho intramolecular Hbond substituents is 1. The summed E-state index contributed by atoms with van der Waals surface area (Å²) >= 11 is 0. The van der Waals surface area contributed by atoms with Crippen LogP contribution in [-0.2, 0) is 16.4 Å². The van der Waals surface area contributed by atoms with E-state index in [0.29, 0.717) is 11.4 Å². The van der Waals surface area contributed by atoms with Gasteiger partial charge in [0.2, 0.25) is 0 Å². The van der Waals surface area contributed by atoms with Crippen molar-refractivity contribution in [1.29, 1.82) is 0 Å². The van der Waals surface area contributed by atoms with Crippen molar-refractivity contribution in [3.8, 4) is 5.75 Å². The largest absolute Gasteiger partial charge is 0.508 e. The van der Waals surface area contributed by atoms with Crippen molar-refractivity contribution < 1.29 is 13.5 Å². The second-order valence-corrected chi connectivity index (χ2v) is 9.52. The zero-order valence-electron chi connectivity index (χ0n) is 18.0. The molecule has 7 heteroatoms. The van der Waals surface area contributed by atoms with Gasteiger partial charge < -0.3 is 10.4 Å². The Morgan fingerprint density at radius 3 is 2.50 bits per heavy atom. The van der Waals surface area contributed by atoms with Gasteiger partial charge in [-0.2, -0.15) is 8.42 Å². The van der Waals surface area contributed by atoms with E-state index in [2.05, 4.69) is 9.71 Å². The van der Waals surface area contributed by atoms with Crippen molar-refractivity contribution in [1.82, 2.24) is 0 Å². The highest BCUT2D eigenvalue weighted by atomic mass is 32.2. The number of rotatable bonds is 3. The highest BCUT2D eigenvalue weighted by Crippen LogP contribution is 2.29. The van der Waals surface area contributed by atoms with Crippen molar-refractivity contribution in [3.05, 3.63) is 83.9 Å². The van der Waals surface area contributed by atoms with Crippen LogP contribution in [0.2, 0.25) is 0 Å². The van der Waals surface area contributed by atoms with Gasteiger partial charge in [-0.1, -0.05) is 49.4 Å². The Kier molecular flexibility index (Phi) is 6.10. The number of hydrogen-bond donors (Lipinski definition) is 2. The van der Waals surface area contributed by atoms with E-state index in [0.717, 1.165) is 29.7 Å². The molecule has 4 rings (SSSR count). The molecule has 1 aliphatic rings. The monoisotopic (exact) mass is 447 g/mol. The smallest absolute Gasteiger partial charge is 0.284 e. The van der Waals surface area contributed by atoms with Gasteiger partial charge in [0, 0.05) is 17.7 Å². The van der Waals surface area contributed by atoms with Crippen LogP contribution in [0.1, 0.15) is 24.5 Å². The maximum Gasteiger partial charge on any atom is 0.284 e. The molecule has 0 saturated heterocycles. The lowest BCUT2D eigenvalue weighted by atomic mass is 9.92. The number of aromatic hydroxyl groups is 1. The predicted molar refractivity (Wildman–Crippen MR) is 129 cm³/mol. The fourth-order valence-electron chi connectivity index (χ4n) is 3.64. The summed E-state index contributed by atoms with van der Waals surface area (Å²) < 4.78 is 30.4. The summed E-state index contributed by atoms with van der Waals surface area (Å²) in [7, 11) is -3.96. The molecule has 0 aromatic heterocycles. The zero-order valence-corrected chi connectivity index (χ0v) is 18.8. The fourth-order valence-corrected chi connectivity index (χ4v) is 4.63. The van der Waals surface area contributed by atoms with Gasteiger partial charge in [-0.05, 0) is 55.2 Å². The first-order chi connectivity index (χ1) is 15.3. The van der Waals surface area contributed by atoms with Crippen LogP contribution in [0.5, 0.6) is 5.75 Å². The summed E-state index contributed by atoms with van der Waals surface area (Å²) in [5.41, 5.74) is 3.88. The van der Waals surface area contributed by atoms with Crippen LogP contribution in [-0.4, -0.2) is 25.1 Å². The van der Waals surface area contributed by atoms with E-state index >= 15 is 0 Å². The first-order valence-corrected chi connectivity index (χ1v) is 11.9. The summed E-state index contributed by atoms with van der Waals surface area (Å²) in [6.07, 6.45) is 1.60. The molecule has 164 valence electrons. The van der Waals surface area contributed by atoms with E-state index in [-0.39, 0.29) is 22.4 Å². The van der Waals surface area contributed by atoms with Gasteiger partial charge in [0.15, 0.2) is 5.84 Å². The summed E-state index contributed by atoms with van der Waals surface area (Å²) in [6.45, 7) is 3.91. The molecule has 0 fully saturated rings. The Morgan fingerprint density at radius 1 is 1.00 bits per heavy atom. The number of nitrogens with one attached hydrogen (secondary N) is 1. The summed E-state index contributed by atoms with van der Waals surface area (Å²) in [6, 6.07) is 20.9. The van der Waals surface area contributed by atoms with E-state index in [1.54, 1.807) is 36.4 Å². The maximum atomic E-state index is 13.1. The minimum atomic E-state index is -3.96. The fraction of sp³-hybridized carbons (Fsp3) is 0.200. The minimum Gasteiger partial charge on any atom is -0.508 e. The quantitative estimate of drug-likeness (QED) is 0.573. The summed E-state index contributed by atoms with van der Waals surface area (Å²) in [5, 5.41) is 13.2. The highest BCUT2D eigenvalue weighted by Gasteiger charge is 2.25. The lowest BCUT2D eigenvalue weighted by Gasteiger charge is -2.23. The van der Waals surface area contributed by atoms with Crippen molar-refractivity contribution in [3.63, 3.8) is 0 Å². The lowest BCUT2D eigenvalue weighted by molar-refractivity contribution is 0.475. The molecule has 0 bridgehead atoms. The molecule has 0 aliphatic carbocycles. The average Bonchev–Trinajstić information content (AvgIpc) is 2.78. The maximum absolute atomic E-state index is 13.1. The normalized spacial score (nSPS) is 19.1. The Labute approximate surface area is 188 Å². The topological polar surface area (TPSA) is 91.1 Å². The molecule has 0 saturated carbocycles. The second kappa shape index (κ2) is 8.96. The number of sulfonamides is 1. The van der Waals surface area contributed by atoms with Crippen molar-refractivity contribution in [2.75, 3.05) is 5.32 Å². The van der Waals surface area contributed by atoms with Gasteiger partial charge in [-0.25, -0.2) is 4.99 Å². The van der Waals surface area contributed by atoms with Gasteiger partial charge in [0.25, 0.3) is 10.0 Å². The van der Waals surface area contributed by atoms with Gasteiger partial charge in [-0.3, -0.25) is 0 Å². The highest BCUT2D eigenvalue weighted by molar-refractivity contribution is 7.90. The zero-order chi connectivity index (χ0) is 22.7. The molecule has 1 atom stereocenters. The van der Waals surface area contributed by atoms with Crippen LogP contribution in [0.3, 0.4) is 0 Å². The number of aryl methyl sites for hydroxylation is 2. The van der Waals surface area contributed by atoms with Crippen molar-refractivity contribution in [2.24, 2.45) is 15.3 Å². The number of phenols is 1. The van der Waals surface area contributed by atoms with E-state index in [4.69, 9.17) is 4.99 Å². The molecule has 0 amide bonds. The van der Waals surface area contributed by atoms with Crippen LogP contribution in [0.15, 0.2) is 87.1 Å². The predicted octanol–water partition coefficient (Wildman–Crippen LogP) is 5.25. The molecular weight excluding hydrogens is 422 g/mol. The third-order valence-electron chi connectivity index (χ3n) is 5.51. The summed E-state index contributed by atoms with van der Waals surface area (Å²) in [4.78, 5) is 4.91.